The van der Waals surface area contributed by atoms with Crippen LogP contribution in [0.4, 0.5) is 10.5 Å². The monoisotopic (exact) mass is 254 g/mol. The minimum absolute atomic E-state index is 0.149. The van der Waals surface area contributed by atoms with Gasteiger partial charge in [0.05, 0.1) is 23.5 Å². The fourth-order valence-electron chi connectivity index (χ4n) is 1.61. The Morgan fingerprint density at radius 3 is 2.44 bits per heavy atom. The maximum absolute atomic E-state index is 11.8. The molecule has 0 unspecified atom stereocenters. The second-order valence-electron chi connectivity index (χ2n) is 4.84. The number of hydrogen-bond donors (Lipinski definition) is 4. The molecule has 100 valence electrons. The van der Waals surface area contributed by atoms with Crippen LogP contribution in [0.1, 0.15) is 31.7 Å². The fourth-order valence-corrected chi connectivity index (χ4v) is 1.61. The molecule has 7 heteroatoms. The topological polar surface area (TPSA) is 107 Å². The molecule has 0 bridgehead atoms. The van der Waals surface area contributed by atoms with Gasteiger partial charge in [0.15, 0.2) is 0 Å². The highest BCUT2D eigenvalue weighted by atomic mass is 16.4. The van der Waals surface area contributed by atoms with Crippen molar-refractivity contribution >= 4 is 17.7 Å². The predicted molar refractivity (Wildman–Crippen MR) is 66.5 cm³/mol. The van der Waals surface area contributed by atoms with Gasteiger partial charge < -0.3 is 15.7 Å². The van der Waals surface area contributed by atoms with Crippen molar-refractivity contribution in [3.63, 3.8) is 0 Å². The second kappa shape index (κ2) is 5.07. The van der Waals surface area contributed by atoms with Crippen LogP contribution in [-0.2, 0) is 4.79 Å². The van der Waals surface area contributed by atoms with E-state index in [2.05, 4.69) is 20.8 Å². The molecule has 0 saturated carbocycles. The minimum atomic E-state index is -0.962. The number of carbonyl (C=O) groups excluding carboxylic acids is 1. The highest BCUT2D eigenvalue weighted by Gasteiger charge is 2.24. The molecule has 1 heterocycles. The van der Waals surface area contributed by atoms with Crippen LogP contribution in [0.3, 0.4) is 0 Å². The number of carboxylic acid groups (broad SMARTS) is 1. The Kier molecular flexibility index (Phi) is 3.95. The van der Waals surface area contributed by atoms with Crippen molar-refractivity contribution in [1.29, 1.82) is 0 Å². The highest BCUT2D eigenvalue weighted by Crippen LogP contribution is 2.16. The Labute approximate surface area is 105 Å². The van der Waals surface area contributed by atoms with Gasteiger partial charge in [-0.3, -0.25) is 9.89 Å². The number of aryl methyl sites for hydroxylation is 2. The van der Waals surface area contributed by atoms with E-state index in [0.717, 1.165) is 5.69 Å². The molecule has 7 nitrogen and oxygen atoms in total. The number of urea groups is 1. The van der Waals surface area contributed by atoms with Crippen LogP contribution in [0, 0.1) is 13.8 Å². The maximum atomic E-state index is 11.8. The number of rotatable bonds is 4. The van der Waals surface area contributed by atoms with Crippen molar-refractivity contribution in [1.82, 2.24) is 15.5 Å². The summed E-state index contributed by atoms with van der Waals surface area (Å²) >= 11 is 0. The lowest BCUT2D eigenvalue weighted by Crippen LogP contribution is -2.46. The summed E-state index contributed by atoms with van der Waals surface area (Å²) < 4.78 is 0. The molecule has 0 spiro atoms. The number of aromatic nitrogens is 2. The van der Waals surface area contributed by atoms with Crippen molar-refractivity contribution in [2.75, 3.05) is 5.32 Å². The zero-order valence-electron chi connectivity index (χ0n) is 10.9. The molecule has 2 amide bonds. The zero-order chi connectivity index (χ0) is 13.9. The van der Waals surface area contributed by atoms with Gasteiger partial charge in [0.2, 0.25) is 0 Å². The summed E-state index contributed by atoms with van der Waals surface area (Å²) in [5.74, 6) is -0.962. The smallest absolute Gasteiger partial charge is 0.319 e. The van der Waals surface area contributed by atoms with Crippen LogP contribution in [0.15, 0.2) is 0 Å². The van der Waals surface area contributed by atoms with E-state index in [1.165, 1.54) is 0 Å². The average Bonchev–Trinajstić information content (AvgIpc) is 2.46. The Balaban J connectivity index is 2.65. The average molecular weight is 254 g/mol. The lowest BCUT2D eigenvalue weighted by molar-refractivity contribution is -0.138. The molecular weight excluding hydrogens is 236 g/mol. The Hall–Kier alpha value is -2.05. The van der Waals surface area contributed by atoms with E-state index in [9.17, 15) is 9.59 Å². The van der Waals surface area contributed by atoms with E-state index in [4.69, 9.17) is 5.11 Å². The summed E-state index contributed by atoms with van der Waals surface area (Å²) in [5.41, 5.74) is 1.22. The third kappa shape index (κ3) is 3.76. The molecule has 0 fully saturated rings. The summed E-state index contributed by atoms with van der Waals surface area (Å²) in [4.78, 5) is 22.4. The Morgan fingerprint density at radius 2 is 2.00 bits per heavy atom. The first-order valence-electron chi connectivity index (χ1n) is 5.54. The molecule has 4 N–H and O–H groups in total. The van der Waals surface area contributed by atoms with Gasteiger partial charge >= 0.3 is 12.0 Å². The summed E-state index contributed by atoms with van der Waals surface area (Å²) in [6.45, 7) is 6.85. The first-order valence-corrected chi connectivity index (χ1v) is 5.54. The van der Waals surface area contributed by atoms with Crippen LogP contribution in [-0.4, -0.2) is 32.8 Å². The van der Waals surface area contributed by atoms with Crippen LogP contribution in [0.5, 0.6) is 0 Å². The van der Waals surface area contributed by atoms with E-state index in [1.54, 1.807) is 27.7 Å². The van der Waals surface area contributed by atoms with Crippen molar-refractivity contribution in [3.8, 4) is 0 Å². The van der Waals surface area contributed by atoms with Crippen molar-refractivity contribution in [2.45, 2.75) is 39.7 Å². The molecule has 0 saturated heterocycles. The largest absolute Gasteiger partial charge is 0.481 e. The third-order valence-electron chi connectivity index (χ3n) is 2.41. The number of aromatic amines is 1. The highest BCUT2D eigenvalue weighted by molar-refractivity contribution is 5.91. The van der Waals surface area contributed by atoms with E-state index >= 15 is 0 Å². The van der Waals surface area contributed by atoms with Gasteiger partial charge in [-0.05, 0) is 27.7 Å². The summed E-state index contributed by atoms with van der Waals surface area (Å²) in [5, 5.41) is 20.7. The molecule has 1 aromatic heterocycles. The van der Waals surface area contributed by atoms with Gasteiger partial charge in [0.1, 0.15) is 0 Å². The van der Waals surface area contributed by atoms with Gasteiger partial charge in [-0.15, -0.1) is 0 Å². The Bertz CT molecular complexity index is 445. The number of carboxylic acids is 1. The number of nitrogens with zero attached hydrogens (tertiary/aromatic N) is 1. The van der Waals surface area contributed by atoms with E-state index < -0.39 is 17.5 Å². The number of anilines is 1. The van der Waals surface area contributed by atoms with Crippen molar-refractivity contribution in [2.24, 2.45) is 0 Å². The molecule has 0 aliphatic rings. The zero-order valence-corrected chi connectivity index (χ0v) is 10.9. The van der Waals surface area contributed by atoms with E-state index in [1.807, 2.05) is 0 Å². The Morgan fingerprint density at radius 1 is 1.39 bits per heavy atom. The quantitative estimate of drug-likeness (QED) is 0.651. The molecule has 0 radical (unpaired) electrons. The SMILES string of the molecule is Cc1n[nH]c(C)c1NC(=O)NC(C)(C)CC(=O)O. The lowest BCUT2D eigenvalue weighted by atomic mass is 10.0. The standard InChI is InChI=1S/C11H18N4O3/c1-6-9(7(2)15-14-6)12-10(18)13-11(3,4)5-8(16)17/h5H2,1-4H3,(H,14,15)(H,16,17)(H2,12,13,18). The van der Waals surface area contributed by atoms with E-state index in [-0.39, 0.29) is 6.42 Å². The number of H-pyrrole nitrogens is 1. The molecule has 1 rings (SSSR count). The molecule has 18 heavy (non-hydrogen) atoms. The van der Waals surface area contributed by atoms with E-state index in [0.29, 0.717) is 11.4 Å². The number of nitrogens with one attached hydrogen (secondary N) is 3. The minimum Gasteiger partial charge on any atom is -0.481 e. The number of aliphatic carboxylic acids is 1. The molecule has 0 atom stereocenters. The van der Waals surface area contributed by atoms with Gasteiger partial charge in [-0.2, -0.15) is 5.10 Å². The molecular formula is C11H18N4O3. The normalized spacial score (nSPS) is 11.1. The molecule has 0 aliphatic carbocycles. The lowest BCUT2D eigenvalue weighted by Gasteiger charge is -2.24. The number of carbonyl (C=O) groups is 2. The second-order valence-corrected chi connectivity index (χ2v) is 4.84. The van der Waals surface area contributed by atoms with Crippen molar-refractivity contribution < 1.29 is 14.7 Å². The fraction of sp³-hybridized carbons (Fsp3) is 0.545. The third-order valence-corrected chi connectivity index (χ3v) is 2.41. The number of amides is 2. The van der Waals surface area contributed by atoms with Gasteiger partial charge in [0, 0.05) is 5.54 Å². The predicted octanol–water partition coefficient (Wildman–Crippen LogP) is 1.40. The first kappa shape index (κ1) is 14.0. The number of hydrogen-bond acceptors (Lipinski definition) is 3. The molecule has 0 aliphatic heterocycles. The molecule has 0 aromatic carbocycles. The van der Waals surface area contributed by atoms with Crippen LogP contribution in [0.2, 0.25) is 0 Å². The van der Waals surface area contributed by atoms with Gasteiger partial charge in [-0.1, -0.05) is 0 Å². The van der Waals surface area contributed by atoms with Crippen LogP contribution >= 0.6 is 0 Å². The summed E-state index contributed by atoms with van der Waals surface area (Å²) in [6, 6.07) is -0.450. The van der Waals surface area contributed by atoms with Crippen LogP contribution < -0.4 is 10.6 Å². The molecule has 1 aromatic rings. The maximum Gasteiger partial charge on any atom is 0.319 e. The van der Waals surface area contributed by atoms with Gasteiger partial charge in [0.25, 0.3) is 0 Å². The summed E-state index contributed by atoms with van der Waals surface area (Å²) in [6.07, 6.45) is -0.149. The first-order chi connectivity index (χ1) is 8.21. The van der Waals surface area contributed by atoms with Gasteiger partial charge in [-0.25, -0.2) is 4.79 Å². The summed E-state index contributed by atoms with van der Waals surface area (Å²) in [7, 11) is 0. The van der Waals surface area contributed by atoms with Crippen LogP contribution in [0.25, 0.3) is 0 Å². The van der Waals surface area contributed by atoms with Crippen molar-refractivity contribution in [3.05, 3.63) is 11.4 Å².